The van der Waals surface area contributed by atoms with Crippen molar-refractivity contribution in [2.75, 3.05) is 25.6 Å². The molecule has 1 fully saturated rings. The first-order valence-electron chi connectivity index (χ1n) is 6.53. The average Bonchev–Trinajstić information content (AvgIpc) is 2.45. The van der Waals surface area contributed by atoms with Crippen LogP contribution in [0, 0.1) is 11.6 Å². The van der Waals surface area contributed by atoms with Gasteiger partial charge in [0.05, 0.1) is 18.3 Å². The van der Waals surface area contributed by atoms with Gasteiger partial charge in [-0.1, -0.05) is 0 Å². The average molecular weight is 304 g/mol. The number of alkyl halides is 1. The van der Waals surface area contributed by atoms with Crippen LogP contribution in [-0.4, -0.2) is 42.5 Å². The summed E-state index contributed by atoms with van der Waals surface area (Å²) in [5, 5.41) is 0. The third-order valence-corrected chi connectivity index (χ3v) is 3.48. The molecule has 0 N–H and O–H groups in total. The number of nitrogens with zero attached hydrogens (tertiary/aromatic N) is 1. The van der Waals surface area contributed by atoms with Crippen LogP contribution in [0.1, 0.15) is 23.2 Å². The van der Waals surface area contributed by atoms with E-state index < -0.39 is 17.5 Å². The second-order valence-electron chi connectivity index (χ2n) is 4.68. The molecule has 0 spiro atoms. The van der Waals surface area contributed by atoms with E-state index in [9.17, 15) is 13.6 Å². The van der Waals surface area contributed by atoms with Crippen molar-refractivity contribution in [3.05, 3.63) is 35.4 Å². The summed E-state index contributed by atoms with van der Waals surface area (Å²) in [7, 11) is 0. The van der Waals surface area contributed by atoms with E-state index in [1.54, 1.807) is 4.90 Å². The Hall–Kier alpha value is -1.20. The van der Waals surface area contributed by atoms with Crippen LogP contribution in [0.15, 0.2) is 18.2 Å². The molecule has 1 aromatic carbocycles. The predicted octanol–water partition coefficient (Wildman–Crippen LogP) is 2.82. The number of rotatable bonds is 4. The molecule has 0 unspecified atom stereocenters. The second-order valence-corrected chi connectivity index (χ2v) is 5.05. The van der Waals surface area contributed by atoms with Crippen molar-refractivity contribution in [3.8, 4) is 0 Å². The minimum Gasteiger partial charge on any atom is -0.377 e. The fourth-order valence-corrected chi connectivity index (χ4v) is 2.36. The molecule has 1 amide bonds. The van der Waals surface area contributed by atoms with E-state index in [-0.39, 0.29) is 11.7 Å². The van der Waals surface area contributed by atoms with Gasteiger partial charge in [0.15, 0.2) is 0 Å². The highest BCUT2D eigenvalue weighted by Gasteiger charge is 2.25. The van der Waals surface area contributed by atoms with Crippen molar-refractivity contribution in [2.24, 2.45) is 0 Å². The number of piperidine rings is 1. The van der Waals surface area contributed by atoms with E-state index in [1.807, 2.05) is 0 Å². The fourth-order valence-electron chi connectivity index (χ4n) is 2.27. The molecule has 0 radical (unpaired) electrons. The van der Waals surface area contributed by atoms with Gasteiger partial charge >= 0.3 is 0 Å². The lowest BCUT2D eigenvalue weighted by Crippen LogP contribution is -2.41. The van der Waals surface area contributed by atoms with Gasteiger partial charge in [0, 0.05) is 25.0 Å². The molecule has 0 saturated carbocycles. The van der Waals surface area contributed by atoms with E-state index >= 15 is 0 Å². The summed E-state index contributed by atoms with van der Waals surface area (Å²) in [6.45, 7) is 1.50. The summed E-state index contributed by atoms with van der Waals surface area (Å²) in [6.07, 6.45) is 1.49. The number of benzene rings is 1. The summed E-state index contributed by atoms with van der Waals surface area (Å²) in [5.74, 6) is -1.47. The molecule has 0 aromatic heterocycles. The molecular weight excluding hydrogens is 288 g/mol. The van der Waals surface area contributed by atoms with E-state index in [2.05, 4.69) is 0 Å². The maximum absolute atomic E-state index is 13.6. The standard InChI is InChI=1S/C14H16ClF2NO2/c15-5-8-20-11-3-6-18(7-4-11)14(19)12-2-1-10(16)9-13(12)17/h1-2,9,11H,3-8H2. The number of likely N-dealkylation sites (tertiary alicyclic amines) is 1. The van der Waals surface area contributed by atoms with Crippen molar-refractivity contribution in [1.82, 2.24) is 4.90 Å². The second kappa shape index (κ2) is 6.99. The van der Waals surface area contributed by atoms with Crippen molar-refractivity contribution >= 4 is 17.5 Å². The van der Waals surface area contributed by atoms with E-state index in [0.717, 1.165) is 12.1 Å². The first kappa shape index (κ1) is 15.2. The largest absolute Gasteiger partial charge is 0.377 e. The van der Waals surface area contributed by atoms with Crippen LogP contribution in [-0.2, 0) is 4.74 Å². The highest BCUT2D eigenvalue weighted by atomic mass is 35.5. The van der Waals surface area contributed by atoms with E-state index in [4.69, 9.17) is 16.3 Å². The topological polar surface area (TPSA) is 29.5 Å². The summed E-state index contributed by atoms with van der Waals surface area (Å²) >= 11 is 5.55. The molecule has 3 nitrogen and oxygen atoms in total. The van der Waals surface area contributed by atoms with Gasteiger partial charge in [-0.25, -0.2) is 8.78 Å². The number of carbonyl (C=O) groups is 1. The molecule has 110 valence electrons. The Morgan fingerprint density at radius 1 is 1.35 bits per heavy atom. The molecule has 1 aromatic rings. The number of carbonyl (C=O) groups excluding carboxylic acids is 1. The highest BCUT2D eigenvalue weighted by molar-refractivity contribution is 6.17. The Kier molecular flexibility index (Phi) is 5.31. The molecule has 1 heterocycles. The van der Waals surface area contributed by atoms with Crippen LogP contribution in [0.25, 0.3) is 0 Å². The van der Waals surface area contributed by atoms with Crippen LogP contribution >= 0.6 is 11.6 Å². The van der Waals surface area contributed by atoms with E-state index in [0.29, 0.717) is 38.4 Å². The first-order valence-corrected chi connectivity index (χ1v) is 7.07. The van der Waals surface area contributed by atoms with Gasteiger partial charge < -0.3 is 9.64 Å². The summed E-state index contributed by atoms with van der Waals surface area (Å²) in [4.78, 5) is 13.7. The summed E-state index contributed by atoms with van der Waals surface area (Å²) < 4.78 is 31.9. The quantitative estimate of drug-likeness (QED) is 0.801. The smallest absolute Gasteiger partial charge is 0.256 e. The minimum atomic E-state index is -0.824. The minimum absolute atomic E-state index is 0.0912. The summed E-state index contributed by atoms with van der Waals surface area (Å²) in [5.41, 5.74) is -0.0912. The third-order valence-electron chi connectivity index (χ3n) is 3.32. The zero-order valence-corrected chi connectivity index (χ0v) is 11.7. The maximum Gasteiger partial charge on any atom is 0.256 e. The number of hydrogen-bond donors (Lipinski definition) is 0. The Labute approximate surface area is 121 Å². The molecule has 2 rings (SSSR count). The van der Waals surface area contributed by atoms with Crippen molar-refractivity contribution in [3.63, 3.8) is 0 Å². The number of hydrogen-bond acceptors (Lipinski definition) is 2. The molecule has 0 atom stereocenters. The van der Waals surface area contributed by atoms with Crippen molar-refractivity contribution < 1.29 is 18.3 Å². The van der Waals surface area contributed by atoms with Gasteiger partial charge in [0.2, 0.25) is 0 Å². The van der Waals surface area contributed by atoms with Crippen LogP contribution < -0.4 is 0 Å². The van der Waals surface area contributed by atoms with Crippen LogP contribution in [0.5, 0.6) is 0 Å². The van der Waals surface area contributed by atoms with E-state index in [1.165, 1.54) is 6.07 Å². The molecule has 1 aliphatic heterocycles. The molecule has 1 saturated heterocycles. The Morgan fingerprint density at radius 2 is 2.05 bits per heavy atom. The molecule has 1 aliphatic rings. The molecule has 0 bridgehead atoms. The van der Waals surface area contributed by atoms with Crippen LogP contribution in [0.4, 0.5) is 8.78 Å². The van der Waals surface area contributed by atoms with Gasteiger partial charge in [-0.15, -0.1) is 11.6 Å². The van der Waals surface area contributed by atoms with Crippen LogP contribution in [0.3, 0.4) is 0 Å². The Balaban J connectivity index is 1.94. The highest BCUT2D eigenvalue weighted by Crippen LogP contribution is 2.18. The zero-order chi connectivity index (χ0) is 14.5. The predicted molar refractivity (Wildman–Crippen MR) is 72.0 cm³/mol. The first-order chi connectivity index (χ1) is 9.61. The number of ether oxygens (including phenoxy) is 1. The lowest BCUT2D eigenvalue weighted by molar-refractivity contribution is 0.0153. The Bertz CT molecular complexity index is 476. The van der Waals surface area contributed by atoms with Crippen LogP contribution in [0.2, 0.25) is 0 Å². The van der Waals surface area contributed by atoms with Gasteiger partial charge in [-0.2, -0.15) is 0 Å². The SMILES string of the molecule is O=C(c1ccc(F)cc1F)N1CCC(OCCCl)CC1. The molecule has 20 heavy (non-hydrogen) atoms. The normalized spacial score (nSPS) is 16.4. The fraction of sp³-hybridized carbons (Fsp3) is 0.500. The van der Waals surface area contributed by atoms with Gasteiger partial charge in [0.25, 0.3) is 5.91 Å². The number of amides is 1. The van der Waals surface area contributed by atoms with Gasteiger partial charge in [0.1, 0.15) is 11.6 Å². The van der Waals surface area contributed by atoms with Gasteiger partial charge in [-0.3, -0.25) is 4.79 Å². The molecule has 6 heteroatoms. The monoisotopic (exact) mass is 303 g/mol. The van der Waals surface area contributed by atoms with Gasteiger partial charge in [-0.05, 0) is 25.0 Å². The lowest BCUT2D eigenvalue weighted by Gasteiger charge is -2.32. The summed E-state index contributed by atoms with van der Waals surface area (Å²) in [6, 6.07) is 3.00. The molecular formula is C14H16ClF2NO2. The third kappa shape index (κ3) is 3.67. The maximum atomic E-state index is 13.6. The Morgan fingerprint density at radius 3 is 2.65 bits per heavy atom. The van der Waals surface area contributed by atoms with Crippen molar-refractivity contribution in [1.29, 1.82) is 0 Å². The lowest BCUT2D eigenvalue weighted by atomic mass is 10.1. The molecule has 0 aliphatic carbocycles. The number of halogens is 3. The zero-order valence-electron chi connectivity index (χ0n) is 10.9. The van der Waals surface area contributed by atoms with Crippen molar-refractivity contribution in [2.45, 2.75) is 18.9 Å².